The molecule has 0 N–H and O–H groups in total. The first-order valence-corrected chi connectivity index (χ1v) is 8.11. The Bertz CT molecular complexity index is 699. The van der Waals surface area contributed by atoms with Crippen LogP contribution in [0.4, 0.5) is 0 Å². The predicted octanol–water partition coefficient (Wildman–Crippen LogP) is 4.63. The lowest BCUT2D eigenvalue weighted by Gasteiger charge is -2.08. The molecule has 0 spiro atoms. The first-order valence-electron chi connectivity index (χ1n) is 8.11. The van der Waals surface area contributed by atoms with E-state index in [2.05, 4.69) is 12.1 Å². The zero-order chi connectivity index (χ0) is 17.4. The van der Waals surface area contributed by atoms with E-state index in [9.17, 15) is 4.79 Å². The van der Waals surface area contributed by atoms with Gasteiger partial charge in [-0.2, -0.15) is 0 Å². The van der Waals surface area contributed by atoms with Crippen LogP contribution in [0.5, 0.6) is 5.75 Å². The average molecular weight is 324 g/mol. The number of carbonyl (C=O) groups is 1. The van der Waals surface area contributed by atoms with Crippen LogP contribution in [-0.4, -0.2) is 13.1 Å². The minimum atomic E-state index is -0.213. The van der Waals surface area contributed by atoms with Crippen LogP contribution in [0.3, 0.4) is 0 Å². The number of hydrogen-bond donors (Lipinski definition) is 0. The molecule has 0 aromatic heterocycles. The van der Waals surface area contributed by atoms with Crippen LogP contribution in [0.1, 0.15) is 30.0 Å². The van der Waals surface area contributed by atoms with Gasteiger partial charge in [0, 0.05) is 12.8 Å². The maximum atomic E-state index is 11.9. The highest BCUT2D eigenvalue weighted by Gasteiger charge is 2.05. The third-order valence-corrected chi connectivity index (χ3v) is 3.79. The lowest BCUT2D eigenvalue weighted by molar-refractivity contribution is -0.138. The van der Waals surface area contributed by atoms with Crippen molar-refractivity contribution in [2.75, 3.05) is 7.11 Å². The second kappa shape index (κ2) is 8.92. The Labute approximate surface area is 143 Å². The molecule has 2 aromatic carbocycles. The first kappa shape index (κ1) is 17.8. The zero-order valence-electron chi connectivity index (χ0n) is 14.5. The van der Waals surface area contributed by atoms with Gasteiger partial charge in [-0.05, 0) is 43.0 Å². The van der Waals surface area contributed by atoms with E-state index in [4.69, 9.17) is 9.47 Å². The average Bonchev–Trinajstić information content (AvgIpc) is 2.60. The van der Waals surface area contributed by atoms with E-state index in [1.165, 1.54) is 5.56 Å². The largest absolute Gasteiger partial charge is 0.496 e. The molecule has 0 aliphatic heterocycles. The number of methoxy groups -OCH3 is 1. The van der Waals surface area contributed by atoms with Crippen LogP contribution in [0.15, 0.2) is 60.4 Å². The standard InChI is InChI=1S/C21H24O3/c1-16-8-10-18(11-9-16)12-13-21(22)24-15-17(2)14-19-6-4-5-7-20(19)23-3/h4-11,15H,12-14H2,1-3H3/b17-15+. The molecule has 2 rings (SSSR count). The van der Waals surface area contributed by atoms with Crippen LogP contribution in [0.25, 0.3) is 0 Å². The highest BCUT2D eigenvalue weighted by molar-refractivity contribution is 5.70. The molecule has 126 valence electrons. The number of hydrogen-bond acceptors (Lipinski definition) is 3. The maximum absolute atomic E-state index is 11.9. The molecule has 0 bridgehead atoms. The van der Waals surface area contributed by atoms with Crippen LogP contribution in [0, 0.1) is 6.92 Å². The number of rotatable bonds is 7. The second-order valence-corrected chi connectivity index (χ2v) is 5.93. The van der Waals surface area contributed by atoms with E-state index in [-0.39, 0.29) is 5.97 Å². The third-order valence-electron chi connectivity index (χ3n) is 3.79. The van der Waals surface area contributed by atoms with Crippen molar-refractivity contribution in [3.63, 3.8) is 0 Å². The zero-order valence-corrected chi connectivity index (χ0v) is 14.5. The summed E-state index contributed by atoms with van der Waals surface area (Å²) in [5.41, 5.74) is 4.41. The van der Waals surface area contributed by atoms with Crippen molar-refractivity contribution in [1.29, 1.82) is 0 Å². The number of benzene rings is 2. The molecule has 0 atom stereocenters. The molecule has 0 aliphatic rings. The summed E-state index contributed by atoms with van der Waals surface area (Å²) in [4.78, 5) is 11.9. The maximum Gasteiger partial charge on any atom is 0.310 e. The molecule has 0 amide bonds. The Kier molecular flexibility index (Phi) is 6.62. The van der Waals surface area contributed by atoms with Crippen molar-refractivity contribution in [2.24, 2.45) is 0 Å². The van der Waals surface area contributed by atoms with E-state index < -0.39 is 0 Å². The molecule has 3 heteroatoms. The molecule has 2 aromatic rings. The van der Waals surface area contributed by atoms with Gasteiger partial charge >= 0.3 is 5.97 Å². The van der Waals surface area contributed by atoms with Crippen LogP contribution in [0.2, 0.25) is 0 Å². The van der Waals surface area contributed by atoms with Gasteiger partial charge in [-0.25, -0.2) is 0 Å². The summed E-state index contributed by atoms with van der Waals surface area (Å²) >= 11 is 0. The van der Waals surface area contributed by atoms with Gasteiger partial charge in [-0.15, -0.1) is 0 Å². The van der Waals surface area contributed by atoms with Crippen molar-refractivity contribution in [2.45, 2.75) is 33.1 Å². The van der Waals surface area contributed by atoms with E-state index in [1.807, 2.05) is 50.2 Å². The Balaban J connectivity index is 1.83. The van der Waals surface area contributed by atoms with Crippen LogP contribution >= 0.6 is 0 Å². The second-order valence-electron chi connectivity index (χ2n) is 5.93. The van der Waals surface area contributed by atoms with Crippen molar-refractivity contribution in [3.05, 3.63) is 77.1 Å². The van der Waals surface area contributed by atoms with E-state index in [0.717, 1.165) is 22.4 Å². The van der Waals surface area contributed by atoms with E-state index in [0.29, 0.717) is 19.3 Å². The Morgan fingerprint density at radius 2 is 1.79 bits per heavy atom. The molecular formula is C21H24O3. The molecule has 3 nitrogen and oxygen atoms in total. The Morgan fingerprint density at radius 1 is 1.08 bits per heavy atom. The summed E-state index contributed by atoms with van der Waals surface area (Å²) < 4.78 is 10.6. The van der Waals surface area contributed by atoms with Crippen molar-refractivity contribution < 1.29 is 14.3 Å². The van der Waals surface area contributed by atoms with Crippen molar-refractivity contribution in [3.8, 4) is 5.75 Å². The minimum Gasteiger partial charge on any atom is -0.496 e. The summed E-state index contributed by atoms with van der Waals surface area (Å²) in [5, 5.41) is 0. The minimum absolute atomic E-state index is 0.213. The van der Waals surface area contributed by atoms with Crippen molar-refractivity contribution >= 4 is 5.97 Å². The van der Waals surface area contributed by atoms with E-state index in [1.54, 1.807) is 13.4 Å². The van der Waals surface area contributed by atoms with Crippen LogP contribution in [-0.2, 0) is 22.4 Å². The summed E-state index contributed by atoms with van der Waals surface area (Å²) in [6.45, 7) is 3.99. The summed E-state index contributed by atoms with van der Waals surface area (Å²) in [6, 6.07) is 16.0. The molecule has 0 aliphatic carbocycles. The molecule has 0 fully saturated rings. The lowest BCUT2D eigenvalue weighted by Crippen LogP contribution is -2.02. The highest BCUT2D eigenvalue weighted by Crippen LogP contribution is 2.20. The number of allylic oxidation sites excluding steroid dienone is 1. The number of aryl methyl sites for hydroxylation is 2. The summed E-state index contributed by atoms with van der Waals surface area (Å²) in [6.07, 6.45) is 3.30. The summed E-state index contributed by atoms with van der Waals surface area (Å²) in [5.74, 6) is 0.630. The monoisotopic (exact) mass is 324 g/mol. The van der Waals surface area contributed by atoms with Gasteiger partial charge in [0.1, 0.15) is 5.75 Å². The normalized spacial score (nSPS) is 11.2. The fraction of sp³-hybridized carbons (Fsp3) is 0.286. The molecule has 0 saturated heterocycles. The molecule has 0 saturated carbocycles. The molecule has 0 radical (unpaired) electrons. The van der Waals surface area contributed by atoms with E-state index >= 15 is 0 Å². The van der Waals surface area contributed by atoms with Gasteiger partial charge in [0.15, 0.2) is 0 Å². The highest BCUT2D eigenvalue weighted by atomic mass is 16.5. The predicted molar refractivity (Wildman–Crippen MR) is 96.0 cm³/mol. The van der Waals surface area contributed by atoms with Gasteiger partial charge in [0.05, 0.1) is 13.4 Å². The van der Waals surface area contributed by atoms with Gasteiger partial charge < -0.3 is 9.47 Å². The summed E-state index contributed by atoms with van der Waals surface area (Å²) in [7, 11) is 1.66. The lowest BCUT2D eigenvalue weighted by atomic mass is 10.1. The topological polar surface area (TPSA) is 35.5 Å². The molecule has 24 heavy (non-hydrogen) atoms. The quantitative estimate of drug-likeness (QED) is 0.550. The fourth-order valence-electron chi connectivity index (χ4n) is 2.42. The van der Waals surface area contributed by atoms with Crippen LogP contribution < -0.4 is 4.74 Å². The van der Waals surface area contributed by atoms with Crippen molar-refractivity contribution in [1.82, 2.24) is 0 Å². The van der Waals surface area contributed by atoms with Gasteiger partial charge in [-0.1, -0.05) is 48.0 Å². The number of para-hydroxylation sites is 1. The molecule has 0 unspecified atom stereocenters. The number of ether oxygens (including phenoxy) is 2. The molecule has 0 heterocycles. The van der Waals surface area contributed by atoms with Gasteiger partial charge in [0.25, 0.3) is 0 Å². The SMILES string of the molecule is COc1ccccc1C/C(C)=C/OC(=O)CCc1ccc(C)cc1. The smallest absolute Gasteiger partial charge is 0.310 e. The number of esters is 1. The number of carbonyl (C=O) groups excluding carboxylic acids is 1. The third kappa shape index (κ3) is 5.58. The van der Waals surface area contributed by atoms with Gasteiger partial charge in [-0.3, -0.25) is 4.79 Å². The fourth-order valence-corrected chi connectivity index (χ4v) is 2.42. The Hall–Kier alpha value is -2.55. The van der Waals surface area contributed by atoms with Gasteiger partial charge in [0.2, 0.25) is 0 Å². The first-order chi connectivity index (χ1) is 11.6. The molecular weight excluding hydrogens is 300 g/mol. The Morgan fingerprint density at radius 3 is 2.50 bits per heavy atom.